The molecule has 1 aliphatic rings. The first-order valence-corrected chi connectivity index (χ1v) is 5.86. The van der Waals surface area contributed by atoms with Gasteiger partial charge in [0.05, 0.1) is 23.1 Å². The van der Waals surface area contributed by atoms with Crippen LogP contribution in [0.15, 0.2) is 6.07 Å². The molecule has 1 amide bonds. The zero-order valence-electron chi connectivity index (χ0n) is 10.2. The second kappa shape index (κ2) is 4.79. The van der Waals surface area contributed by atoms with Gasteiger partial charge in [-0.2, -0.15) is 10.2 Å². The van der Waals surface area contributed by atoms with E-state index < -0.39 is 0 Å². The minimum atomic E-state index is -0.266. The summed E-state index contributed by atoms with van der Waals surface area (Å²) in [7, 11) is 0. The number of amides is 1. The third-order valence-electron chi connectivity index (χ3n) is 3.08. The molecule has 1 fully saturated rings. The minimum absolute atomic E-state index is 0.00704. The van der Waals surface area contributed by atoms with Gasteiger partial charge in [-0.25, -0.2) is 0 Å². The molecule has 0 spiro atoms. The highest BCUT2D eigenvalue weighted by Crippen LogP contribution is 2.15. The van der Waals surface area contributed by atoms with Crippen molar-refractivity contribution in [2.75, 3.05) is 13.1 Å². The molecule has 1 aromatic heterocycles. The summed E-state index contributed by atoms with van der Waals surface area (Å²) in [5, 5.41) is 17.3. The van der Waals surface area contributed by atoms with Gasteiger partial charge in [-0.3, -0.25) is 4.79 Å². The van der Waals surface area contributed by atoms with E-state index in [1.807, 2.05) is 6.92 Å². The van der Waals surface area contributed by atoms with Crippen LogP contribution in [-0.2, 0) is 0 Å². The zero-order chi connectivity index (χ0) is 12.4. The van der Waals surface area contributed by atoms with Crippen LogP contribution in [0.4, 0.5) is 0 Å². The van der Waals surface area contributed by atoms with E-state index in [4.69, 9.17) is 0 Å². The Morgan fingerprint density at radius 3 is 2.65 bits per heavy atom. The van der Waals surface area contributed by atoms with E-state index in [9.17, 15) is 9.90 Å². The van der Waals surface area contributed by atoms with Gasteiger partial charge in [-0.1, -0.05) is 0 Å². The van der Waals surface area contributed by atoms with E-state index in [2.05, 4.69) is 10.2 Å². The normalized spacial score (nSPS) is 17.2. The van der Waals surface area contributed by atoms with Crippen molar-refractivity contribution >= 4 is 5.91 Å². The Labute approximate surface area is 100 Å². The molecule has 1 saturated heterocycles. The Bertz CT molecular complexity index is 426. The molecule has 1 N–H and O–H groups in total. The molecule has 92 valence electrons. The molecule has 0 bridgehead atoms. The molecule has 0 aliphatic carbocycles. The molecule has 5 heteroatoms. The lowest BCUT2D eigenvalue weighted by molar-refractivity contribution is 0.0545. The Morgan fingerprint density at radius 2 is 2.00 bits per heavy atom. The van der Waals surface area contributed by atoms with Crippen molar-refractivity contribution in [2.45, 2.75) is 32.8 Å². The summed E-state index contributed by atoms with van der Waals surface area (Å²) in [6, 6.07) is 1.77. The number of hydrogen-bond acceptors (Lipinski definition) is 4. The summed E-state index contributed by atoms with van der Waals surface area (Å²) in [4.78, 5) is 14.0. The SMILES string of the molecule is Cc1cc(C(=O)N2CCC(O)CC2)c(C)nn1. The van der Waals surface area contributed by atoms with Gasteiger partial charge in [0.25, 0.3) is 5.91 Å². The van der Waals surface area contributed by atoms with Gasteiger partial charge in [0.15, 0.2) is 0 Å². The number of carbonyl (C=O) groups is 1. The Morgan fingerprint density at radius 1 is 1.35 bits per heavy atom. The first kappa shape index (κ1) is 12.0. The van der Waals surface area contributed by atoms with Crippen molar-refractivity contribution in [3.05, 3.63) is 23.0 Å². The van der Waals surface area contributed by atoms with Crippen LogP contribution in [0.3, 0.4) is 0 Å². The molecule has 0 radical (unpaired) electrons. The fourth-order valence-electron chi connectivity index (χ4n) is 2.01. The number of piperidine rings is 1. The number of rotatable bonds is 1. The van der Waals surface area contributed by atoms with Crippen LogP contribution in [0, 0.1) is 13.8 Å². The Hall–Kier alpha value is -1.49. The third kappa shape index (κ3) is 2.61. The summed E-state index contributed by atoms with van der Waals surface area (Å²) >= 11 is 0. The monoisotopic (exact) mass is 235 g/mol. The number of aliphatic hydroxyl groups is 1. The van der Waals surface area contributed by atoms with Gasteiger partial charge >= 0.3 is 0 Å². The molecule has 0 aromatic carbocycles. The molecule has 1 aliphatic heterocycles. The Balaban J connectivity index is 2.16. The largest absolute Gasteiger partial charge is 0.393 e. The van der Waals surface area contributed by atoms with Crippen LogP contribution < -0.4 is 0 Å². The lowest BCUT2D eigenvalue weighted by atomic mass is 10.1. The van der Waals surface area contributed by atoms with Crippen LogP contribution in [0.25, 0.3) is 0 Å². The van der Waals surface area contributed by atoms with E-state index in [-0.39, 0.29) is 12.0 Å². The van der Waals surface area contributed by atoms with Crippen LogP contribution in [0.1, 0.15) is 34.6 Å². The predicted molar refractivity (Wildman–Crippen MR) is 62.7 cm³/mol. The topological polar surface area (TPSA) is 66.3 Å². The zero-order valence-corrected chi connectivity index (χ0v) is 10.2. The van der Waals surface area contributed by atoms with Crippen LogP contribution in [0.2, 0.25) is 0 Å². The smallest absolute Gasteiger partial charge is 0.255 e. The van der Waals surface area contributed by atoms with E-state index in [1.54, 1.807) is 17.9 Å². The highest BCUT2D eigenvalue weighted by atomic mass is 16.3. The number of aryl methyl sites for hydroxylation is 2. The first-order valence-electron chi connectivity index (χ1n) is 5.86. The standard InChI is InChI=1S/C12H17N3O2/c1-8-7-11(9(2)14-13-8)12(17)15-5-3-10(16)4-6-15/h7,10,16H,3-6H2,1-2H3. The van der Waals surface area contributed by atoms with Crippen molar-refractivity contribution in [1.29, 1.82) is 0 Å². The molecule has 0 unspecified atom stereocenters. The molecule has 2 heterocycles. The van der Waals surface area contributed by atoms with Gasteiger partial charge in [-0.15, -0.1) is 0 Å². The van der Waals surface area contributed by atoms with Crippen molar-refractivity contribution in [3.63, 3.8) is 0 Å². The Kier molecular flexibility index (Phi) is 3.38. The second-order valence-corrected chi connectivity index (χ2v) is 4.51. The van der Waals surface area contributed by atoms with E-state index in [0.717, 1.165) is 5.69 Å². The highest BCUT2D eigenvalue weighted by Gasteiger charge is 2.23. The summed E-state index contributed by atoms with van der Waals surface area (Å²) < 4.78 is 0. The summed E-state index contributed by atoms with van der Waals surface area (Å²) in [5.74, 6) is -0.00704. The first-order chi connectivity index (χ1) is 8.08. The molecule has 5 nitrogen and oxygen atoms in total. The van der Waals surface area contributed by atoms with Gasteiger partial charge in [0.1, 0.15) is 0 Å². The van der Waals surface area contributed by atoms with Gasteiger partial charge in [0.2, 0.25) is 0 Å². The number of aromatic nitrogens is 2. The predicted octanol–water partition coefficient (Wildman–Crippen LogP) is 0.690. The van der Waals surface area contributed by atoms with Gasteiger partial charge in [-0.05, 0) is 32.8 Å². The van der Waals surface area contributed by atoms with Gasteiger partial charge in [0, 0.05) is 13.1 Å². The van der Waals surface area contributed by atoms with Gasteiger partial charge < -0.3 is 10.0 Å². The summed E-state index contributed by atoms with van der Waals surface area (Å²) in [5.41, 5.74) is 2.02. The maximum Gasteiger partial charge on any atom is 0.255 e. The molecule has 17 heavy (non-hydrogen) atoms. The highest BCUT2D eigenvalue weighted by molar-refractivity contribution is 5.95. The molecule has 1 aromatic rings. The van der Waals surface area contributed by atoms with Crippen molar-refractivity contribution in [2.24, 2.45) is 0 Å². The lowest BCUT2D eigenvalue weighted by Crippen LogP contribution is -2.40. The van der Waals surface area contributed by atoms with E-state index >= 15 is 0 Å². The van der Waals surface area contributed by atoms with Crippen LogP contribution in [-0.4, -0.2) is 45.3 Å². The number of aliphatic hydroxyl groups excluding tert-OH is 1. The van der Waals surface area contributed by atoms with Crippen molar-refractivity contribution in [3.8, 4) is 0 Å². The number of carbonyl (C=O) groups excluding carboxylic acids is 1. The van der Waals surface area contributed by atoms with Crippen LogP contribution in [0.5, 0.6) is 0 Å². The number of nitrogens with zero attached hydrogens (tertiary/aromatic N) is 3. The van der Waals surface area contributed by atoms with E-state index in [1.165, 1.54) is 0 Å². The van der Waals surface area contributed by atoms with E-state index in [0.29, 0.717) is 37.2 Å². The van der Waals surface area contributed by atoms with Crippen molar-refractivity contribution in [1.82, 2.24) is 15.1 Å². The summed E-state index contributed by atoms with van der Waals surface area (Å²) in [6.07, 6.45) is 1.04. The molecular formula is C12H17N3O2. The lowest BCUT2D eigenvalue weighted by Gasteiger charge is -2.29. The fraction of sp³-hybridized carbons (Fsp3) is 0.583. The third-order valence-corrected chi connectivity index (χ3v) is 3.08. The maximum absolute atomic E-state index is 12.3. The quantitative estimate of drug-likeness (QED) is 0.777. The molecule has 2 rings (SSSR count). The molecule has 0 saturated carbocycles. The molecular weight excluding hydrogens is 218 g/mol. The molecule has 0 atom stereocenters. The summed E-state index contributed by atoms with van der Waals surface area (Å²) in [6.45, 7) is 4.84. The second-order valence-electron chi connectivity index (χ2n) is 4.51. The van der Waals surface area contributed by atoms with Crippen molar-refractivity contribution < 1.29 is 9.90 Å². The number of hydrogen-bond donors (Lipinski definition) is 1. The average molecular weight is 235 g/mol. The maximum atomic E-state index is 12.3. The number of likely N-dealkylation sites (tertiary alicyclic amines) is 1. The average Bonchev–Trinajstić information content (AvgIpc) is 2.32. The minimum Gasteiger partial charge on any atom is -0.393 e. The fourth-order valence-corrected chi connectivity index (χ4v) is 2.01. The van der Waals surface area contributed by atoms with Crippen LogP contribution >= 0.6 is 0 Å².